The highest BCUT2D eigenvalue weighted by molar-refractivity contribution is 5.77. The van der Waals surface area contributed by atoms with Crippen LogP contribution in [-0.2, 0) is 4.79 Å². The third-order valence-electron chi connectivity index (χ3n) is 2.62. The standard InChI is InChI=1S/C11H12N2O6/c1-12(6-11(14)15)7-4-9-10(19-3-2-18-9)5-8(7)13(16)17/h4-5H,2-3,6H2,1H3,(H,14,15). The highest BCUT2D eigenvalue weighted by Crippen LogP contribution is 2.40. The molecule has 0 fully saturated rings. The first-order chi connectivity index (χ1) is 8.99. The van der Waals surface area contributed by atoms with Gasteiger partial charge in [-0.1, -0.05) is 0 Å². The van der Waals surface area contributed by atoms with Gasteiger partial charge in [-0.05, 0) is 0 Å². The molecule has 0 saturated heterocycles. The quantitative estimate of drug-likeness (QED) is 0.638. The molecule has 0 spiro atoms. The Balaban J connectivity index is 2.45. The van der Waals surface area contributed by atoms with Gasteiger partial charge >= 0.3 is 5.97 Å². The van der Waals surface area contributed by atoms with E-state index in [1.807, 2.05) is 0 Å². The van der Waals surface area contributed by atoms with Crippen LogP contribution in [0.5, 0.6) is 11.5 Å². The molecular formula is C11H12N2O6. The topological polar surface area (TPSA) is 102 Å². The summed E-state index contributed by atoms with van der Waals surface area (Å²) >= 11 is 0. The first kappa shape index (κ1) is 12.9. The first-order valence-electron chi connectivity index (χ1n) is 5.50. The largest absolute Gasteiger partial charge is 0.486 e. The number of anilines is 1. The van der Waals surface area contributed by atoms with E-state index in [0.29, 0.717) is 24.7 Å². The van der Waals surface area contributed by atoms with E-state index in [1.165, 1.54) is 24.1 Å². The van der Waals surface area contributed by atoms with E-state index in [4.69, 9.17) is 14.6 Å². The summed E-state index contributed by atoms with van der Waals surface area (Å²) in [4.78, 5) is 22.4. The van der Waals surface area contributed by atoms with E-state index in [9.17, 15) is 14.9 Å². The van der Waals surface area contributed by atoms with Crippen molar-refractivity contribution < 1.29 is 24.3 Å². The van der Waals surface area contributed by atoms with Gasteiger partial charge in [0.15, 0.2) is 11.5 Å². The fraction of sp³-hybridized carbons (Fsp3) is 0.364. The van der Waals surface area contributed by atoms with E-state index in [1.54, 1.807) is 0 Å². The molecule has 0 aromatic heterocycles. The Morgan fingerprint density at radius 2 is 2.00 bits per heavy atom. The molecule has 19 heavy (non-hydrogen) atoms. The zero-order valence-corrected chi connectivity index (χ0v) is 10.2. The van der Waals surface area contributed by atoms with Crippen LogP contribution in [0, 0.1) is 10.1 Å². The lowest BCUT2D eigenvalue weighted by Gasteiger charge is -2.22. The first-order valence-corrected chi connectivity index (χ1v) is 5.50. The lowest BCUT2D eigenvalue weighted by molar-refractivity contribution is -0.384. The van der Waals surface area contributed by atoms with Crippen molar-refractivity contribution in [3.05, 3.63) is 22.2 Å². The molecule has 8 nitrogen and oxygen atoms in total. The van der Waals surface area contributed by atoms with Gasteiger partial charge in [-0.15, -0.1) is 0 Å². The monoisotopic (exact) mass is 268 g/mol. The van der Waals surface area contributed by atoms with Crippen molar-refractivity contribution in [3.63, 3.8) is 0 Å². The van der Waals surface area contributed by atoms with Gasteiger partial charge in [-0.25, -0.2) is 0 Å². The highest BCUT2D eigenvalue weighted by Gasteiger charge is 2.25. The Morgan fingerprint density at radius 3 is 2.53 bits per heavy atom. The number of aliphatic carboxylic acids is 1. The van der Waals surface area contributed by atoms with E-state index in [-0.39, 0.29) is 17.9 Å². The van der Waals surface area contributed by atoms with Gasteiger partial charge in [0.2, 0.25) is 0 Å². The number of nitrogens with zero attached hydrogens (tertiary/aromatic N) is 2. The summed E-state index contributed by atoms with van der Waals surface area (Å²) in [6, 6.07) is 2.68. The van der Waals surface area contributed by atoms with E-state index < -0.39 is 10.9 Å². The average molecular weight is 268 g/mol. The highest BCUT2D eigenvalue weighted by atomic mass is 16.6. The van der Waals surface area contributed by atoms with Gasteiger partial charge in [-0.2, -0.15) is 0 Å². The second-order valence-electron chi connectivity index (χ2n) is 3.99. The number of carboxylic acids is 1. The summed E-state index contributed by atoms with van der Waals surface area (Å²) in [5, 5.41) is 19.8. The van der Waals surface area contributed by atoms with Crippen LogP contribution < -0.4 is 14.4 Å². The molecule has 1 aliphatic rings. The Kier molecular flexibility index (Phi) is 3.41. The number of nitro benzene ring substituents is 1. The maximum atomic E-state index is 11.0. The van der Waals surface area contributed by atoms with Gasteiger partial charge in [0.25, 0.3) is 5.69 Å². The number of carbonyl (C=O) groups is 1. The van der Waals surface area contributed by atoms with Gasteiger partial charge in [0.1, 0.15) is 25.4 Å². The van der Waals surface area contributed by atoms with Crippen molar-refractivity contribution in [1.29, 1.82) is 0 Å². The number of benzene rings is 1. The molecule has 2 rings (SSSR count). The summed E-state index contributed by atoms with van der Waals surface area (Å²) in [6.07, 6.45) is 0. The molecule has 0 saturated carbocycles. The van der Waals surface area contributed by atoms with Crippen molar-refractivity contribution >= 4 is 17.3 Å². The minimum atomic E-state index is -1.08. The average Bonchev–Trinajstić information content (AvgIpc) is 2.36. The van der Waals surface area contributed by atoms with Crippen molar-refractivity contribution in [2.75, 3.05) is 31.7 Å². The molecule has 0 radical (unpaired) electrons. The van der Waals surface area contributed by atoms with Crippen LogP contribution in [0.15, 0.2) is 12.1 Å². The summed E-state index contributed by atoms with van der Waals surface area (Å²) < 4.78 is 10.6. The number of hydrogen-bond donors (Lipinski definition) is 1. The molecule has 0 unspecified atom stereocenters. The molecule has 1 aliphatic heterocycles. The summed E-state index contributed by atoms with van der Waals surface area (Å²) in [5.74, 6) is -0.402. The zero-order valence-electron chi connectivity index (χ0n) is 10.2. The van der Waals surface area contributed by atoms with Crippen LogP contribution in [0.4, 0.5) is 11.4 Å². The molecule has 0 amide bonds. The fourth-order valence-corrected chi connectivity index (χ4v) is 1.81. The third-order valence-corrected chi connectivity index (χ3v) is 2.62. The van der Waals surface area contributed by atoms with E-state index in [2.05, 4.69) is 0 Å². The number of carboxylic acid groups (broad SMARTS) is 1. The van der Waals surface area contributed by atoms with Crippen molar-refractivity contribution in [2.45, 2.75) is 0 Å². The molecule has 102 valence electrons. The van der Waals surface area contributed by atoms with Crippen molar-refractivity contribution in [2.24, 2.45) is 0 Å². The third kappa shape index (κ3) is 2.67. The van der Waals surface area contributed by atoms with E-state index in [0.717, 1.165) is 0 Å². The second-order valence-corrected chi connectivity index (χ2v) is 3.99. The number of ether oxygens (including phenoxy) is 2. The zero-order chi connectivity index (χ0) is 14.0. The van der Waals surface area contributed by atoms with Crippen LogP contribution in [0.25, 0.3) is 0 Å². The molecule has 1 aromatic carbocycles. The van der Waals surface area contributed by atoms with Gasteiger partial charge in [-0.3, -0.25) is 14.9 Å². The molecule has 8 heteroatoms. The number of nitro groups is 1. The summed E-state index contributed by atoms with van der Waals surface area (Å²) in [5.41, 5.74) is -0.0374. The SMILES string of the molecule is CN(CC(=O)O)c1cc2c(cc1[N+](=O)[O-])OCCO2. The second kappa shape index (κ2) is 5.01. The minimum absolute atomic E-state index is 0.177. The van der Waals surface area contributed by atoms with Gasteiger partial charge < -0.3 is 19.5 Å². The van der Waals surface area contributed by atoms with E-state index >= 15 is 0 Å². The molecular weight excluding hydrogens is 256 g/mol. The Morgan fingerprint density at radius 1 is 1.42 bits per heavy atom. The molecule has 0 aliphatic carbocycles. The maximum Gasteiger partial charge on any atom is 0.323 e. The van der Waals surface area contributed by atoms with Crippen LogP contribution >= 0.6 is 0 Å². The summed E-state index contributed by atoms with van der Waals surface area (Å²) in [6.45, 7) is 0.335. The Bertz CT molecular complexity index is 530. The Labute approximate surface area is 108 Å². The normalized spacial score (nSPS) is 12.9. The number of rotatable bonds is 4. The van der Waals surface area contributed by atoms with Crippen molar-refractivity contribution in [3.8, 4) is 11.5 Å². The predicted octanol–water partition coefficient (Wildman–Crippen LogP) is 0.887. The van der Waals surface area contributed by atoms with Crippen LogP contribution in [0.3, 0.4) is 0 Å². The van der Waals surface area contributed by atoms with Crippen LogP contribution in [0.1, 0.15) is 0 Å². The summed E-state index contributed by atoms with van der Waals surface area (Å²) in [7, 11) is 1.46. The number of likely N-dealkylation sites (N-methyl/N-ethyl adjacent to an activating group) is 1. The molecule has 1 heterocycles. The predicted molar refractivity (Wildman–Crippen MR) is 65.0 cm³/mol. The molecule has 1 aromatic rings. The lowest BCUT2D eigenvalue weighted by Crippen LogP contribution is -2.26. The molecule has 0 atom stereocenters. The maximum absolute atomic E-state index is 11.0. The number of fused-ring (bicyclic) bond motifs is 1. The minimum Gasteiger partial charge on any atom is -0.486 e. The van der Waals surface area contributed by atoms with Gasteiger partial charge in [0.05, 0.1) is 11.0 Å². The molecule has 1 N–H and O–H groups in total. The fourth-order valence-electron chi connectivity index (χ4n) is 1.81. The molecule has 0 bridgehead atoms. The van der Waals surface area contributed by atoms with Crippen LogP contribution in [-0.4, -0.2) is 42.8 Å². The lowest BCUT2D eigenvalue weighted by atomic mass is 10.2. The van der Waals surface area contributed by atoms with Crippen LogP contribution in [0.2, 0.25) is 0 Å². The smallest absolute Gasteiger partial charge is 0.323 e. The Hall–Kier alpha value is -2.51. The van der Waals surface area contributed by atoms with Crippen molar-refractivity contribution in [1.82, 2.24) is 0 Å². The number of hydrogen-bond acceptors (Lipinski definition) is 6. The van der Waals surface area contributed by atoms with Gasteiger partial charge in [0, 0.05) is 13.1 Å².